The fourth-order valence-corrected chi connectivity index (χ4v) is 4.12. The van der Waals surface area contributed by atoms with Gasteiger partial charge in [-0.05, 0) is 42.1 Å². The maximum atomic E-state index is 12.8. The van der Waals surface area contributed by atoms with E-state index in [1.54, 1.807) is 30.3 Å². The van der Waals surface area contributed by atoms with Gasteiger partial charge in [0.15, 0.2) is 6.61 Å². The van der Waals surface area contributed by atoms with Crippen LogP contribution in [-0.4, -0.2) is 41.7 Å². The third-order valence-electron chi connectivity index (χ3n) is 5.19. The van der Waals surface area contributed by atoms with Gasteiger partial charge < -0.3 is 10.1 Å². The van der Waals surface area contributed by atoms with Crippen molar-refractivity contribution in [1.29, 1.82) is 0 Å². The maximum Gasteiger partial charge on any atom is 0.306 e. The highest BCUT2D eigenvalue weighted by Gasteiger charge is 2.32. The molecule has 1 aliphatic heterocycles. The molecule has 33 heavy (non-hydrogen) atoms. The second kappa shape index (κ2) is 9.60. The van der Waals surface area contributed by atoms with Crippen LogP contribution in [0.2, 0.25) is 10.0 Å². The van der Waals surface area contributed by atoms with Crippen molar-refractivity contribution in [2.24, 2.45) is 0 Å². The summed E-state index contributed by atoms with van der Waals surface area (Å²) in [5.41, 5.74) is 1.27. The molecule has 3 aromatic rings. The first-order valence-corrected chi connectivity index (χ1v) is 10.9. The molecule has 1 heterocycles. The predicted molar refractivity (Wildman–Crippen MR) is 125 cm³/mol. The summed E-state index contributed by atoms with van der Waals surface area (Å²) in [5.74, 6) is -1.96. The number of carbonyl (C=O) groups excluding carboxylic acids is 4. The Balaban J connectivity index is 1.29. The van der Waals surface area contributed by atoms with Crippen LogP contribution >= 0.6 is 23.2 Å². The van der Waals surface area contributed by atoms with E-state index < -0.39 is 30.3 Å². The van der Waals surface area contributed by atoms with Crippen molar-refractivity contribution < 1.29 is 23.9 Å². The minimum atomic E-state index is -0.619. The predicted octanol–water partition coefficient (Wildman–Crippen LogP) is 4.70. The van der Waals surface area contributed by atoms with Crippen LogP contribution in [0.4, 0.5) is 5.69 Å². The van der Waals surface area contributed by atoms with Crippen LogP contribution in [0.3, 0.4) is 0 Å². The molecule has 0 bridgehead atoms. The van der Waals surface area contributed by atoms with Crippen molar-refractivity contribution in [1.82, 2.24) is 4.90 Å². The number of hydrogen-bond acceptors (Lipinski definition) is 5. The molecule has 0 spiro atoms. The van der Waals surface area contributed by atoms with Crippen molar-refractivity contribution in [3.8, 4) is 0 Å². The van der Waals surface area contributed by atoms with E-state index in [1.807, 2.05) is 12.1 Å². The quantitative estimate of drug-likeness (QED) is 0.387. The van der Waals surface area contributed by atoms with Gasteiger partial charge in [-0.3, -0.25) is 24.1 Å². The Morgan fingerprint density at radius 2 is 1.61 bits per heavy atom. The minimum absolute atomic E-state index is 0.0577. The summed E-state index contributed by atoms with van der Waals surface area (Å²) in [6, 6.07) is 15.2. The molecule has 0 saturated carbocycles. The number of halogens is 2. The number of rotatable bonds is 7. The average Bonchev–Trinajstić information content (AvgIpc) is 2.80. The lowest BCUT2D eigenvalue weighted by Gasteiger charge is -2.27. The number of carbonyl (C=O) groups is 4. The van der Waals surface area contributed by atoms with Crippen LogP contribution in [0.15, 0.2) is 54.6 Å². The van der Waals surface area contributed by atoms with Gasteiger partial charge in [-0.25, -0.2) is 0 Å². The summed E-state index contributed by atoms with van der Waals surface area (Å²) >= 11 is 11.8. The molecular formula is C24H18Cl2N2O5. The number of anilines is 1. The van der Waals surface area contributed by atoms with Gasteiger partial charge in [0.1, 0.15) is 0 Å². The summed E-state index contributed by atoms with van der Waals surface area (Å²) in [6.07, 6.45) is 0.150. The van der Waals surface area contributed by atoms with Crippen LogP contribution in [0.25, 0.3) is 10.8 Å². The summed E-state index contributed by atoms with van der Waals surface area (Å²) < 4.78 is 4.98. The Hall–Kier alpha value is -3.42. The molecular weight excluding hydrogens is 467 g/mol. The van der Waals surface area contributed by atoms with E-state index in [2.05, 4.69) is 5.32 Å². The molecule has 0 unspecified atom stereocenters. The first kappa shape index (κ1) is 22.8. The molecule has 1 N–H and O–H groups in total. The molecule has 3 aromatic carbocycles. The second-order valence-corrected chi connectivity index (χ2v) is 8.25. The zero-order valence-electron chi connectivity index (χ0n) is 17.3. The first-order chi connectivity index (χ1) is 15.8. The number of amides is 3. The van der Waals surface area contributed by atoms with Crippen LogP contribution in [-0.2, 0) is 14.3 Å². The Labute approximate surface area is 199 Å². The Bertz CT molecular complexity index is 1240. The highest BCUT2D eigenvalue weighted by Crippen LogP contribution is 2.30. The summed E-state index contributed by atoms with van der Waals surface area (Å²) in [6.45, 7) is -0.432. The molecule has 168 valence electrons. The molecule has 0 fully saturated rings. The molecule has 0 radical (unpaired) electrons. The fraction of sp³-hybridized carbons (Fsp3) is 0.167. The lowest BCUT2D eigenvalue weighted by molar-refractivity contribution is -0.147. The van der Waals surface area contributed by atoms with E-state index in [1.165, 1.54) is 12.1 Å². The standard InChI is InChI=1S/C24H18Cl2N2O5/c25-15-9-10-19(18(26)12-15)27-20(29)13-33-21(30)8-3-11-28-23(31)16-6-1-4-14-5-2-7-17(22(14)16)24(28)32/h1-2,4-7,9-10,12H,3,8,11,13H2,(H,27,29). The fourth-order valence-electron chi connectivity index (χ4n) is 3.66. The Morgan fingerprint density at radius 3 is 2.24 bits per heavy atom. The molecule has 0 atom stereocenters. The van der Waals surface area contributed by atoms with Crippen molar-refractivity contribution in [3.05, 3.63) is 75.8 Å². The molecule has 0 saturated heterocycles. The number of hydrogen-bond donors (Lipinski definition) is 1. The van der Waals surface area contributed by atoms with Crippen LogP contribution in [0.1, 0.15) is 33.6 Å². The smallest absolute Gasteiger partial charge is 0.306 e. The van der Waals surface area contributed by atoms with Gasteiger partial charge in [-0.1, -0.05) is 47.5 Å². The van der Waals surface area contributed by atoms with Crippen molar-refractivity contribution in [2.45, 2.75) is 12.8 Å². The van der Waals surface area contributed by atoms with E-state index in [9.17, 15) is 19.2 Å². The normalized spacial score (nSPS) is 12.7. The van der Waals surface area contributed by atoms with Gasteiger partial charge in [0.25, 0.3) is 17.7 Å². The number of benzene rings is 3. The van der Waals surface area contributed by atoms with E-state index >= 15 is 0 Å². The summed E-state index contributed by atoms with van der Waals surface area (Å²) in [5, 5.41) is 4.69. The second-order valence-electron chi connectivity index (χ2n) is 7.41. The zero-order valence-corrected chi connectivity index (χ0v) is 18.8. The van der Waals surface area contributed by atoms with Gasteiger partial charge in [0.2, 0.25) is 0 Å². The SMILES string of the molecule is O=C(COC(=O)CCCN1C(=O)c2cccc3cccc(c23)C1=O)Nc1ccc(Cl)cc1Cl. The van der Waals surface area contributed by atoms with Crippen LogP contribution in [0.5, 0.6) is 0 Å². The molecule has 3 amide bonds. The maximum absolute atomic E-state index is 12.8. The Morgan fingerprint density at radius 1 is 0.939 bits per heavy atom. The van der Waals surface area contributed by atoms with E-state index in [4.69, 9.17) is 27.9 Å². The lowest BCUT2D eigenvalue weighted by atomic mass is 9.94. The van der Waals surface area contributed by atoms with E-state index in [0.29, 0.717) is 27.2 Å². The molecule has 7 nitrogen and oxygen atoms in total. The van der Waals surface area contributed by atoms with Crippen molar-refractivity contribution in [2.75, 3.05) is 18.5 Å². The summed E-state index contributed by atoms with van der Waals surface area (Å²) in [4.78, 5) is 50.9. The van der Waals surface area contributed by atoms with Gasteiger partial charge in [0.05, 0.1) is 10.7 Å². The summed E-state index contributed by atoms with van der Waals surface area (Å²) in [7, 11) is 0. The number of nitrogens with one attached hydrogen (secondary N) is 1. The average molecular weight is 485 g/mol. The number of esters is 1. The van der Waals surface area contributed by atoms with Crippen molar-refractivity contribution in [3.63, 3.8) is 0 Å². The van der Waals surface area contributed by atoms with Crippen molar-refractivity contribution >= 4 is 63.4 Å². The highest BCUT2D eigenvalue weighted by molar-refractivity contribution is 6.36. The van der Waals surface area contributed by atoms with E-state index in [-0.39, 0.29) is 24.4 Å². The lowest BCUT2D eigenvalue weighted by Crippen LogP contribution is -2.41. The third kappa shape index (κ3) is 4.84. The largest absolute Gasteiger partial charge is 0.456 e. The molecule has 0 aliphatic carbocycles. The topological polar surface area (TPSA) is 92.8 Å². The number of nitrogens with zero attached hydrogens (tertiary/aromatic N) is 1. The van der Waals surface area contributed by atoms with E-state index in [0.717, 1.165) is 10.3 Å². The van der Waals surface area contributed by atoms with Gasteiger partial charge in [-0.2, -0.15) is 0 Å². The van der Waals surface area contributed by atoms with Gasteiger partial charge in [-0.15, -0.1) is 0 Å². The molecule has 9 heteroatoms. The first-order valence-electron chi connectivity index (χ1n) is 10.1. The number of ether oxygens (including phenoxy) is 1. The molecule has 1 aliphatic rings. The zero-order chi connectivity index (χ0) is 23.5. The minimum Gasteiger partial charge on any atom is -0.456 e. The monoisotopic (exact) mass is 484 g/mol. The van der Waals surface area contributed by atoms with Crippen LogP contribution in [0, 0.1) is 0 Å². The third-order valence-corrected chi connectivity index (χ3v) is 5.74. The Kier molecular flexibility index (Phi) is 6.62. The molecule has 0 aromatic heterocycles. The van der Waals surface area contributed by atoms with Gasteiger partial charge >= 0.3 is 5.97 Å². The van der Waals surface area contributed by atoms with Crippen LogP contribution < -0.4 is 5.32 Å². The van der Waals surface area contributed by atoms with Gasteiger partial charge in [0, 0.05) is 34.5 Å². The highest BCUT2D eigenvalue weighted by atomic mass is 35.5. The number of imide groups is 1. The molecule has 4 rings (SSSR count).